The molecule has 1 aliphatic rings. The van der Waals surface area contributed by atoms with E-state index in [1.54, 1.807) is 12.1 Å². The van der Waals surface area contributed by atoms with E-state index in [0.29, 0.717) is 17.5 Å². The van der Waals surface area contributed by atoms with Crippen LogP contribution in [0.25, 0.3) is 11.3 Å². The number of rotatable bonds is 6. The molecule has 144 valence electrons. The third kappa shape index (κ3) is 4.03. The molecule has 1 aromatic carbocycles. The van der Waals surface area contributed by atoms with Crippen molar-refractivity contribution in [2.45, 2.75) is 39.2 Å². The molecule has 0 bridgehead atoms. The van der Waals surface area contributed by atoms with Crippen molar-refractivity contribution in [3.05, 3.63) is 53.8 Å². The predicted molar refractivity (Wildman–Crippen MR) is 104 cm³/mol. The molecule has 3 aromatic rings. The molecule has 2 heterocycles. The van der Waals surface area contributed by atoms with Gasteiger partial charge in [-0.25, -0.2) is 0 Å². The van der Waals surface area contributed by atoms with Crippen molar-refractivity contribution in [3.63, 3.8) is 0 Å². The van der Waals surface area contributed by atoms with Gasteiger partial charge in [0.05, 0.1) is 5.56 Å². The Balaban J connectivity index is 1.39. The van der Waals surface area contributed by atoms with E-state index in [1.165, 1.54) is 0 Å². The first-order valence-electron chi connectivity index (χ1n) is 9.48. The number of nitrogens with one attached hydrogen (secondary N) is 1. The molecule has 0 unspecified atom stereocenters. The van der Waals surface area contributed by atoms with Gasteiger partial charge in [-0.3, -0.25) is 4.79 Å². The van der Waals surface area contributed by atoms with E-state index in [-0.39, 0.29) is 18.4 Å². The Morgan fingerprint density at radius 3 is 2.64 bits per heavy atom. The van der Waals surface area contributed by atoms with Crippen LogP contribution in [-0.2, 0) is 11.4 Å². The Bertz CT molecular complexity index is 932. The molecule has 4 rings (SSSR count). The zero-order chi connectivity index (χ0) is 19.3. The zero-order valence-electron chi connectivity index (χ0n) is 15.7. The van der Waals surface area contributed by atoms with E-state index in [1.807, 2.05) is 37.3 Å². The summed E-state index contributed by atoms with van der Waals surface area (Å²) in [5.41, 5.74) is 2.59. The van der Waals surface area contributed by atoms with Crippen LogP contribution >= 0.6 is 0 Å². The topological polar surface area (TPSA) is 90.1 Å². The number of amides is 1. The molecule has 1 saturated carbocycles. The van der Waals surface area contributed by atoms with Crippen molar-refractivity contribution >= 4 is 11.7 Å². The first kappa shape index (κ1) is 18.2. The Kier molecular flexibility index (Phi) is 5.32. The summed E-state index contributed by atoms with van der Waals surface area (Å²) >= 11 is 0. The van der Waals surface area contributed by atoms with Crippen molar-refractivity contribution < 1.29 is 14.1 Å². The average molecular weight is 378 g/mol. The molecule has 0 atom stereocenters. The smallest absolute Gasteiger partial charge is 0.233 e. The van der Waals surface area contributed by atoms with Gasteiger partial charge in [0.15, 0.2) is 5.82 Å². The van der Waals surface area contributed by atoms with Crippen LogP contribution in [0.2, 0.25) is 0 Å². The fourth-order valence-electron chi connectivity index (χ4n) is 3.41. The van der Waals surface area contributed by atoms with Gasteiger partial charge < -0.3 is 14.6 Å². The lowest BCUT2D eigenvalue weighted by molar-refractivity contribution is -0.119. The largest absolute Gasteiger partial charge is 0.472 e. The third-order valence-electron chi connectivity index (χ3n) is 5.01. The molecule has 0 radical (unpaired) electrons. The van der Waals surface area contributed by atoms with E-state index in [2.05, 4.69) is 20.7 Å². The Hall–Kier alpha value is -3.22. The van der Waals surface area contributed by atoms with Crippen LogP contribution in [0, 0.1) is 12.8 Å². The summed E-state index contributed by atoms with van der Waals surface area (Å²) in [4.78, 5) is 12.2. The molecular weight excluding hydrogens is 356 g/mol. The van der Waals surface area contributed by atoms with Crippen LogP contribution in [-0.4, -0.2) is 21.3 Å². The maximum absolute atomic E-state index is 12.2. The summed E-state index contributed by atoms with van der Waals surface area (Å²) in [6.07, 6.45) is 4.12. The standard InChI is InChI=1S/C21H22N4O3/c1-14-17(20(25-28-14)15-7-3-2-4-8-15)13-27-19-12-11-18(23-24-19)22-21(26)16-9-5-6-10-16/h2-4,7-8,11-12,16H,5-6,9-10,13H2,1H3,(H,22,23,26). The van der Waals surface area contributed by atoms with Gasteiger partial charge in [-0.05, 0) is 25.8 Å². The number of hydrogen-bond donors (Lipinski definition) is 1. The summed E-state index contributed by atoms with van der Waals surface area (Å²) < 4.78 is 11.1. The maximum atomic E-state index is 12.2. The van der Waals surface area contributed by atoms with E-state index < -0.39 is 0 Å². The van der Waals surface area contributed by atoms with Gasteiger partial charge in [-0.1, -0.05) is 48.3 Å². The predicted octanol–water partition coefficient (Wildman–Crippen LogP) is 4.15. The highest BCUT2D eigenvalue weighted by Crippen LogP contribution is 2.27. The monoisotopic (exact) mass is 378 g/mol. The summed E-state index contributed by atoms with van der Waals surface area (Å²) in [6.45, 7) is 2.12. The lowest BCUT2D eigenvalue weighted by Gasteiger charge is -2.10. The number of hydrogen-bond acceptors (Lipinski definition) is 6. The highest BCUT2D eigenvalue weighted by atomic mass is 16.5. The first-order valence-corrected chi connectivity index (χ1v) is 9.48. The molecule has 1 fully saturated rings. The second kappa shape index (κ2) is 8.21. The van der Waals surface area contributed by atoms with E-state index in [9.17, 15) is 4.79 Å². The van der Waals surface area contributed by atoms with Crippen molar-refractivity contribution in [2.24, 2.45) is 5.92 Å². The number of carbonyl (C=O) groups is 1. The molecule has 1 amide bonds. The van der Waals surface area contributed by atoms with Crippen LogP contribution in [0.15, 0.2) is 47.0 Å². The van der Waals surface area contributed by atoms with Crippen molar-refractivity contribution in [2.75, 3.05) is 5.32 Å². The number of benzene rings is 1. The van der Waals surface area contributed by atoms with Crippen LogP contribution < -0.4 is 10.1 Å². The summed E-state index contributed by atoms with van der Waals surface area (Å²) in [5, 5.41) is 15.1. The molecule has 0 spiro atoms. The van der Waals surface area contributed by atoms with Crippen molar-refractivity contribution in [1.82, 2.24) is 15.4 Å². The second-order valence-corrected chi connectivity index (χ2v) is 6.95. The van der Waals surface area contributed by atoms with Crippen LogP contribution in [0.1, 0.15) is 37.0 Å². The van der Waals surface area contributed by atoms with Crippen LogP contribution in [0.3, 0.4) is 0 Å². The molecule has 7 nitrogen and oxygen atoms in total. The van der Waals surface area contributed by atoms with Crippen molar-refractivity contribution in [1.29, 1.82) is 0 Å². The number of nitrogens with zero attached hydrogens (tertiary/aromatic N) is 3. The Morgan fingerprint density at radius 2 is 1.93 bits per heavy atom. The Labute approximate surface area is 163 Å². The molecule has 1 aliphatic carbocycles. The van der Waals surface area contributed by atoms with Gasteiger partial charge in [0, 0.05) is 17.5 Å². The normalized spacial score (nSPS) is 14.2. The van der Waals surface area contributed by atoms with Gasteiger partial charge in [0.2, 0.25) is 11.8 Å². The fraction of sp³-hybridized carbons (Fsp3) is 0.333. The molecule has 0 saturated heterocycles. The third-order valence-corrected chi connectivity index (χ3v) is 5.01. The second-order valence-electron chi connectivity index (χ2n) is 6.95. The number of aromatic nitrogens is 3. The maximum Gasteiger partial charge on any atom is 0.233 e. The number of ether oxygens (including phenoxy) is 1. The highest BCUT2D eigenvalue weighted by molar-refractivity contribution is 5.91. The van der Waals surface area contributed by atoms with Gasteiger partial charge in [0.25, 0.3) is 0 Å². The van der Waals surface area contributed by atoms with Gasteiger partial charge in [-0.15, -0.1) is 10.2 Å². The first-order chi connectivity index (χ1) is 13.7. The minimum absolute atomic E-state index is 0.0214. The minimum Gasteiger partial charge on any atom is -0.472 e. The van der Waals surface area contributed by atoms with E-state index in [4.69, 9.17) is 9.26 Å². The summed E-state index contributed by atoms with van der Waals surface area (Å²) in [6, 6.07) is 13.2. The SMILES string of the molecule is Cc1onc(-c2ccccc2)c1COc1ccc(NC(=O)C2CCCC2)nn1. The molecular formula is C21H22N4O3. The number of anilines is 1. The molecule has 2 aromatic heterocycles. The fourth-order valence-corrected chi connectivity index (χ4v) is 3.41. The molecule has 28 heavy (non-hydrogen) atoms. The van der Waals surface area contributed by atoms with Gasteiger partial charge in [-0.2, -0.15) is 0 Å². The average Bonchev–Trinajstić information content (AvgIpc) is 3.38. The summed E-state index contributed by atoms with van der Waals surface area (Å²) in [5.74, 6) is 1.62. The van der Waals surface area contributed by atoms with Crippen LogP contribution in [0.4, 0.5) is 5.82 Å². The number of carbonyl (C=O) groups excluding carboxylic acids is 1. The van der Waals surface area contributed by atoms with E-state index >= 15 is 0 Å². The molecule has 7 heteroatoms. The number of aryl methyl sites for hydroxylation is 1. The Morgan fingerprint density at radius 1 is 1.14 bits per heavy atom. The molecule has 1 N–H and O–H groups in total. The lowest BCUT2D eigenvalue weighted by atomic mass is 10.1. The minimum atomic E-state index is 0.0214. The van der Waals surface area contributed by atoms with Crippen LogP contribution in [0.5, 0.6) is 5.88 Å². The quantitative estimate of drug-likeness (QED) is 0.693. The van der Waals surface area contributed by atoms with Gasteiger partial charge >= 0.3 is 0 Å². The van der Waals surface area contributed by atoms with Crippen molar-refractivity contribution in [3.8, 4) is 17.1 Å². The summed E-state index contributed by atoms with van der Waals surface area (Å²) in [7, 11) is 0. The van der Waals surface area contributed by atoms with Gasteiger partial charge in [0.1, 0.15) is 18.1 Å². The molecule has 0 aliphatic heterocycles. The zero-order valence-corrected chi connectivity index (χ0v) is 15.7. The lowest BCUT2D eigenvalue weighted by Crippen LogP contribution is -2.21. The highest BCUT2D eigenvalue weighted by Gasteiger charge is 2.23. The van der Waals surface area contributed by atoms with E-state index in [0.717, 1.165) is 42.5 Å².